The molecule has 7 heteroatoms. The van der Waals surface area contributed by atoms with Gasteiger partial charge >= 0.3 is 5.69 Å². The van der Waals surface area contributed by atoms with Crippen LogP contribution in [0.1, 0.15) is 10.5 Å². The van der Waals surface area contributed by atoms with E-state index in [1.807, 2.05) is 0 Å². The zero-order valence-electron chi connectivity index (χ0n) is 6.03. The molecule has 5 nitrogen and oxygen atoms in total. The van der Waals surface area contributed by atoms with Crippen molar-refractivity contribution < 1.29 is 9.72 Å². The van der Waals surface area contributed by atoms with Crippen LogP contribution < -0.4 is 0 Å². The number of hydrogen-bond acceptors (Lipinski definition) is 4. The maximum atomic E-state index is 10.6. The number of halogens is 2. The van der Waals surface area contributed by atoms with E-state index < -0.39 is 10.2 Å². The Morgan fingerprint density at radius 3 is 2.62 bits per heavy atom. The van der Waals surface area contributed by atoms with Gasteiger partial charge in [-0.15, -0.1) is 0 Å². The van der Waals surface area contributed by atoms with Gasteiger partial charge in [-0.1, -0.05) is 0 Å². The molecular formula is C6H2BrClN2O3. The molecule has 0 aromatic carbocycles. The lowest BCUT2D eigenvalue weighted by atomic mass is 10.3. The molecule has 0 aliphatic rings. The van der Waals surface area contributed by atoms with E-state index in [2.05, 4.69) is 20.9 Å². The van der Waals surface area contributed by atoms with Crippen LogP contribution >= 0.6 is 27.5 Å². The van der Waals surface area contributed by atoms with Crippen LogP contribution in [0.2, 0.25) is 0 Å². The number of aromatic nitrogens is 1. The van der Waals surface area contributed by atoms with Gasteiger partial charge in [0.15, 0.2) is 4.60 Å². The van der Waals surface area contributed by atoms with Crippen molar-refractivity contribution in [2.75, 3.05) is 0 Å². The van der Waals surface area contributed by atoms with Crippen LogP contribution in [0.5, 0.6) is 0 Å². The highest BCUT2D eigenvalue weighted by molar-refractivity contribution is 9.10. The van der Waals surface area contributed by atoms with E-state index in [4.69, 9.17) is 11.6 Å². The molecule has 0 amide bonds. The lowest BCUT2D eigenvalue weighted by Gasteiger charge is -1.95. The van der Waals surface area contributed by atoms with Crippen molar-refractivity contribution in [3.05, 3.63) is 32.5 Å². The highest BCUT2D eigenvalue weighted by Gasteiger charge is 2.15. The molecule has 0 aliphatic carbocycles. The predicted octanol–water partition coefficient (Wildman–Crippen LogP) is 2.13. The first kappa shape index (κ1) is 10.1. The lowest BCUT2D eigenvalue weighted by Crippen LogP contribution is -1.97. The van der Waals surface area contributed by atoms with Gasteiger partial charge in [0, 0.05) is 6.07 Å². The van der Waals surface area contributed by atoms with Crippen LogP contribution in [0.25, 0.3) is 0 Å². The summed E-state index contributed by atoms with van der Waals surface area (Å²) in [6, 6.07) is 2.35. The van der Waals surface area contributed by atoms with Gasteiger partial charge in [0.2, 0.25) is 0 Å². The molecule has 0 unspecified atom stereocenters. The van der Waals surface area contributed by atoms with E-state index in [0.717, 1.165) is 6.07 Å². The first-order chi connectivity index (χ1) is 6.02. The van der Waals surface area contributed by atoms with Gasteiger partial charge in [-0.3, -0.25) is 14.9 Å². The summed E-state index contributed by atoms with van der Waals surface area (Å²) in [7, 11) is 0. The van der Waals surface area contributed by atoms with Crippen molar-refractivity contribution in [3.63, 3.8) is 0 Å². The number of pyridine rings is 1. The van der Waals surface area contributed by atoms with Gasteiger partial charge < -0.3 is 0 Å². The molecule has 0 spiro atoms. The molecule has 1 aromatic rings. The normalized spacial score (nSPS) is 9.69. The summed E-state index contributed by atoms with van der Waals surface area (Å²) in [5.41, 5.74) is -0.235. The lowest BCUT2D eigenvalue weighted by molar-refractivity contribution is -0.386. The summed E-state index contributed by atoms with van der Waals surface area (Å²) in [6.45, 7) is 0. The van der Waals surface area contributed by atoms with Crippen LogP contribution in [0.4, 0.5) is 5.69 Å². The van der Waals surface area contributed by atoms with Crippen molar-refractivity contribution >= 4 is 38.5 Å². The first-order valence-corrected chi connectivity index (χ1v) is 4.20. The maximum Gasteiger partial charge on any atom is 0.301 e. The quantitative estimate of drug-likeness (QED) is 0.355. The van der Waals surface area contributed by atoms with E-state index in [1.165, 1.54) is 6.07 Å². The molecule has 0 fully saturated rings. The topological polar surface area (TPSA) is 73.1 Å². The summed E-state index contributed by atoms with van der Waals surface area (Å²) >= 11 is 7.97. The molecular weight excluding hydrogens is 263 g/mol. The number of carbonyl (C=O) groups excluding carboxylic acids is 1. The fourth-order valence-electron chi connectivity index (χ4n) is 0.673. The molecule has 0 bridgehead atoms. The zero-order valence-corrected chi connectivity index (χ0v) is 8.37. The molecule has 13 heavy (non-hydrogen) atoms. The third kappa shape index (κ3) is 2.22. The maximum absolute atomic E-state index is 10.6. The number of nitrogens with zero attached hydrogens (tertiary/aromatic N) is 2. The minimum absolute atomic E-state index is 0.0102. The Bertz CT molecular complexity index is 382. The second-order valence-electron chi connectivity index (χ2n) is 2.04. The molecule has 0 aliphatic heterocycles. The summed E-state index contributed by atoms with van der Waals surface area (Å²) in [5.74, 6) is 0. The Labute approximate surface area is 86.0 Å². The van der Waals surface area contributed by atoms with Crippen LogP contribution in [-0.2, 0) is 0 Å². The Morgan fingerprint density at radius 2 is 2.23 bits per heavy atom. The van der Waals surface area contributed by atoms with Crippen molar-refractivity contribution in [3.8, 4) is 0 Å². The Hall–Kier alpha value is -1.01. The zero-order chi connectivity index (χ0) is 10.0. The number of rotatable bonds is 2. The van der Waals surface area contributed by atoms with E-state index in [-0.39, 0.29) is 16.0 Å². The van der Waals surface area contributed by atoms with E-state index in [0.29, 0.717) is 0 Å². The second kappa shape index (κ2) is 3.80. The van der Waals surface area contributed by atoms with E-state index in [1.54, 1.807) is 0 Å². The van der Waals surface area contributed by atoms with Gasteiger partial charge in [-0.2, -0.15) is 0 Å². The molecule has 0 saturated heterocycles. The van der Waals surface area contributed by atoms with Gasteiger partial charge in [-0.05, 0) is 33.6 Å². The third-order valence-electron chi connectivity index (χ3n) is 1.23. The largest absolute Gasteiger partial charge is 0.301 e. The molecule has 0 N–H and O–H groups in total. The first-order valence-electron chi connectivity index (χ1n) is 3.03. The Morgan fingerprint density at radius 1 is 1.62 bits per heavy atom. The van der Waals surface area contributed by atoms with Crippen molar-refractivity contribution in [1.82, 2.24) is 4.98 Å². The Kier molecular flexibility index (Phi) is 2.94. The van der Waals surface area contributed by atoms with E-state index in [9.17, 15) is 14.9 Å². The average Bonchev–Trinajstić information content (AvgIpc) is 2.03. The molecule has 1 aromatic heterocycles. The summed E-state index contributed by atoms with van der Waals surface area (Å²) in [5, 5.41) is 9.57. The van der Waals surface area contributed by atoms with Crippen molar-refractivity contribution in [2.45, 2.75) is 0 Å². The fraction of sp³-hybridized carbons (Fsp3) is 0. The van der Waals surface area contributed by atoms with Crippen LogP contribution in [0, 0.1) is 10.1 Å². The number of nitro groups is 1. The molecule has 68 valence electrons. The smallest absolute Gasteiger partial charge is 0.274 e. The summed E-state index contributed by atoms with van der Waals surface area (Å²) in [4.78, 5) is 23.9. The number of hydrogen-bond donors (Lipinski definition) is 0. The van der Waals surface area contributed by atoms with Crippen molar-refractivity contribution in [1.29, 1.82) is 0 Å². The number of carbonyl (C=O) groups is 1. The molecule has 0 radical (unpaired) electrons. The van der Waals surface area contributed by atoms with Crippen molar-refractivity contribution in [2.24, 2.45) is 0 Å². The average molecular weight is 265 g/mol. The van der Waals surface area contributed by atoms with Crippen LogP contribution in [0.15, 0.2) is 16.7 Å². The molecule has 0 saturated carbocycles. The third-order valence-corrected chi connectivity index (χ3v) is 2.00. The van der Waals surface area contributed by atoms with Crippen LogP contribution in [0.3, 0.4) is 0 Å². The SMILES string of the molecule is O=C(Cl)c1ccc([N+](=O)[O-])c(Br)n1. The molecule has 0 atom stereocenters. The van der Waals surface area contributed by atoms with Gasteiger partial charge in [0.25, 0.3) is 5.24 Å². The second-order valence-corrected chi connectivity index (χ2v) is 3.13. The van der Waals surface area contributed by atoms with Crippen LogP contribution in [-0.4, -0.2) is 15.1 Å². The summed E-state index contributed by atoms with van der Waals surface area (Å²) < 4.78 is -0.0102. The Balaban J connectivity index is 3.20. The summed E-state index contributed by atoms with van der Waals surface area (Å²) in [6.07, 6.45) is 0. The predicted molar refractivity (Wildman–Crippen MR) is 48.8 cm³/mol. The minimum Gasteiger partial charge on any atom is -0.274 e. The highest BCUT2D eigenvalue weighted by Crippen LogP contribution is 2.22. The van der Waals surface area contributed by atoms with E-state index >= 15 is 0 Å². The molecule has 1 rings (SSSR count). The minimum atomic E-state index is -0.754. The van der Waals surface area contributed by atoms with Gasteiger partial charge in [-0.25, -0.2) is 4.98 Å². The van der Waals surface area contributed by atoms with Gasteiger partial charge in [0.1, 0.15) is 5.69 Å². The van der Waals surface area contributed by atoms with Gasteiger partial charge in [0.05, 0.1) is 4.92 Å². The highest BCUT2D eigenvalue weighted by atomic mass is 79.9. The standard InChI is InChI=1S/C6H2BrClN2O3/c7-5-4(10(12)13)2-1-3(9-5)6(8)11/h1-2H. The monoisotopic (exact) mass is 264 g/mol. The molecule has 1 heterocycles. The fourth-order valence-corrected chi connectivity index (χ4v) is 1.25.